The molecule has 1 aromatic rings. The molecule has 0 spiro atoms. The largest absolute Gasteiger partial charge is 0.478 e. The fourth-order valence-corrected chi connectivity index (χ4v) is 2.88. The standard InChI is InChI=1S/C16H20ClNO3/c1-2-21-12-5-4-10-18(11-12)15-7-3-6-14(17)13(15)8-9-16(19)20/h3,6-9,12H,2,4-5,10-11H2,1H3,(H,19,20). The normalized spacial score (nSPS) is 19.1. The Morgan fingerprint density at radius 2 is 2.38 bits per heavy atom. The van der Waals surface area contributed by atoms with Gasteiger partial charge in [-0.3, -0.25) is 0 Å². The van der Waals surface area contributed by atoms with Crippen molar-refractivity contribution < 1.29 is 14.6 Å². The summed E-state index contributed by atoms with van der Waals surface area (Å²) in [4.78, 5) is 13.0. The first-order valence-corrected chi connectivity index (χ1v) is 7.55. The minimum absolute atomic E-state index is 0.221. The predicted octanol–water partition coefficient (Wildman–Crippen LogP) is 3.44. The van der Waals surface area contributed by atoms with Gasteiger partial charge >= 0.3 is 5.97 Å². The number of carbonyl (C=O) groups is 1. The number of benzene rings is 1. The van der Waals surface area contributed by atoms with Crippen LogP contribution in [0.5, 0.6) is 0 Å². The number of ether oxygens (including phenoxy) is 1. The molecule has 1 N–H and O–H groups in total. The molecule has 1 aromatic carbocycles. The summed E-state index contributed by atoms with van der Waals surface area (Å²) in [6, 6.07) is 5.64. The lowest BCUT2D eigenvalue weighted by atomic mass is 10.0. The Morgan fingerprint density at radius 3 is 3.10 bits per heavy atom. The van der Waals surface area contributed by atoms with Crippen LogP contribution in [0, 0.1) is 0 Å². The fraction of sp³-hybridized carbons (Fsp3) is 0.438. The Bertz CT molecular complexity index is 528. The maximum atomic E-state index is 10.7. The van der Waals surface area contributed by atoms with E-state index in [9.17, 15) is 4.79 Å². The maximum absolute atomic E-state index is 10.7. The molecule has 21 heavy (non-hydrogen) atoms. The summed E-state index contributed by atoms with van der Waals surface area (Å²) in [5, 5.41) is 9.37. The van der Waals surface area contributed by atoms with E-state index in [1.54, 1.807) is 12.1 Å². The van der Waals surface area contributed by atoms with E-state index < -0.39 is 5.97 Å². The molecule has 0 bridgehead atoms. The Balaban J connectivity index is 2.26. The summed E-state index contributed by atoms with van der Waals surface area (Å²) in [6.07, 6.45) is 5.02. The fourth-order valence-electron chi connectivity index (χ4n) is 2.65. The highest BCUT2D eigenvalue weighted by atomic mass is 35.5. The third-order valence-electron chi connectivity index (χ3n) is 3.54. The first kappa shape index (κ1) is 15.9. The van der Waals surface area contributed by atoms with Crippen molar-refractivity contribution >= 4 is 29.3 Å². The summed E-state index contributed by atoms with van der Waals surface area (Å²) in [6.45, 7) is 4.44. The van der Waals surface area contributed by atoms with Crippen molar-refractivity contribution in [2.45, 2.75) is 25.9 Å². The molecule has 1 aliphatic heterocycles. The Morgan fingerprint density at radius 1 is 1.57 bits per heavy atom. The average molecular weight is 310 g/mol. The second kappa shape index (κ2) is 7.48. The number of hydrogen-bond acceptors (Lipinski definition) is 3. The smallest absolute Gasteiger partial charge is 0.328 e. The molecule has 1 aliphatic rings. The predicted molar refractivity (Wildman–Crippen MR) is 85.0 cm³/mol. The van der Waals surface area contributed by atoms with Gasteiger partial charge in [-0.25, -0.2) is 4.79 Å². The summed E-state index contributed by atoms with van der Waals surface area (Å²) in [5.41, 5.74) is 1.71. The van der Waals surface area contributed by atoms with E-state index in [-0.39, 0.29) is 6.10 Å². The molecule has 2 rings (SSSR count). The molecule has 1 saturated heterocycles. The van der Waals surface area contributed by atoms with Crippen LogP contribution in [0.1, 0.15) is 25.3 Å². The van der Waals surface area contributed by atoms with Crippen LogP contribution < -0.4 is 4.90 Å². The number of hydrogen-bond donors (Lipinski definition) is 1. The molecule has 4 nitrogen and oxygen atoms in total. The van der Waals surface area contributed by atoms with Gasteiger partial charge < -0.3 is 14.7 Å². The van der Waals surface area contributed by atoms with Gasteiger partial charge in [0.15, 0.2) is 0 Å². The van der Waals surface area contributed by atoms with E-state index in [0.717, 1.165) is 43.3 Å². The van der Waals surface area contributed by atoms with E-state index in [1.807, 2.05) is 19.1 Å². The van der Waals surface area contributed by atoms with Gasteiger partial charge in [-0.15, -0.1) is 0 Å². The summed E-state index contributed by atoms with van der Waals surface area (Å²) < 4.78 is 5.72. The van der Waals surface area contributed by atoms with Crippen LogP contribution in [-0.4, -0.2) is 36.9 Å². The highest BCUT2D eigenvalue weighted by Gasteiger charge is 2.22. The van der Waals surface area contributed by atoms with E-state index in [2.05, 4.69) is 4.90 Å². The van der Waals surface area contributed by atoms with Gasteiger partial charge in [-0.1, -0.05) is 17.7 Å². The first-order chi connectivity index (χ1) is 10.1. The van der Waals surface area contributed by atoms with Gasteiger partial charge in [0.1, 0.15) is 0 Å². The minimum Gasteiger partial charge on any atom is -0.478 e. The highest BCUT2D eigenvalue weighted by molar-refractivity contribution is 6.32. The lowest BCUT2D eigenvalue weighted by Crippen LogP contribution is -2.40. The van der Waals surface area contributed by atoms with Crippen molar-refractivity contribution in [2.75, 3.05) is 24.6 Å². The molecule has 1 fully saturated rings. The quantitative estimate of drug-likeness (QED) is 0.846. The zero-order chi connectivity index (χ0) is 15.2. The van der Waals surface area contributed by atoms with E-state index in [0.29, 0.717) is 11.6 Å². The molecular formula is C16H20ClNO3. The first-order valence-electron chi connectivity index (χ1n) is 7.18. The number of carboxylic acids is 1. The molecule has 0 amide bonds. The van der Waals surface area contributed by atoms with Crippen LogP contribution >= 0.6 is 11.6 Å². The van der Waals surface area contributed by atoms with Crippen molar-refractivity contribution in [1.82, 2.24) is 0 Å². The van der Waals surface area contributed by atoms with Crippen LogP contribution in [0.15, 0.2) is 24.3 Å². The zero-order valence-corrected chi connectivity index (χ0v) is 12.8. The van der Waals surface area contributed by atoms with Crippen LogP contribution in [0.3, 0.4) is 0 Å². The number of nitrogens with zero attached hydrogens (tertiary/aromatic N) is 1. The molecule has 114 valence electrons. The van der Waals surface area contributed by atoms with E-state index >= 15 is 0 Å². The highest BCUT2D eigenvalue weighted by Crippen LogP contribution is 2.31. The van der Waals surface area contributed by atoms with Gasteiger partial charge in [0.25, 0.3) is 0 Å². The summed E-state index contributed by atoms with van der Waals surface area (Å²) >= 11 is 6.23. The van der Waals surface area contributed by atoms with E-state index in [4.69, 9.17) is 21.4 Å². The molecule has 0 saturated carbocycles. The maximum Gasteiger partial charge on any atom is 0.328 e. The van der Waals surface area contributed by atoms with Crippen LogP contribution in [-0.2, 0) is 9.53 Å². The summed E-state index contributed by atoms with van der Waals surface area (Å²) in [7, 11) is 0. The topological polar surface area (TPSA) is 49.8 Å². The Labute approximate surface area is 130 Å². The Kier molecular flexibility index (Phi) is 5.65. The number of carboxylic acid groups (broad SMARTS) is 1. The van der Waals surface area contributed by atoms with Crippen LogP contribution in [0.2, 0.25) is 5.02 Å². The van der Waals surface area contributed by atoms with Crippen molar-refractivity contribution in [3.8, 4) is 0 Å². The van der Waals surface area contributed by atoms with Crippen molar-refractivity contribution in [3.05, 3.63) is 34.9 Å². The lowest BCUT2D eigenvalue weighted by molar-refractivity contribution is -0.131. The van der Waals surface area contributed by atoms with Crippen LogP contribution in [0.4, 0.5) is 5.69 Å². The zero-order valence-electron chi connectivity index (χ0n) is 12.1. The summed E-state index contributed by atoms with van der Waals surface area (Å²) in [5.74, 6) is -0.980. The van der Waals surface area contributed by atoms with Crippen molar-refractivity contribution in [3.63, 3.8) is 0 Å². The molecule has 1 unspecified atom stereocenters. The van der Waals surface area contributed by atoms with Gasteiger partial charge in [-0.05, 0) is 38.0 Å². The third kappa shape index (κ3) is 4.22. The number of anilines is 1. The third-order valence-corrected chi connectivity index (χ3v) is 3.87. The van der Waals surface area contributed by atoms with Gasteiger partial charge in [0, 0.05) is 42.0 Å². The minimum atomic E-state index is -0.980. The second-order valence-corrected chi connectivity index (χ2v) is 5.42. The van der Waals surface area contributed by atoms with Gasteiger partial charge in [0.05, 0.1) is 6.10 Å². The second-order valence-electron chi connectivity index (χ2n) is 5.01. The number of piperidine rings is 1. The number of rotatable bonds is 5. The molecule has 0 aliphatic carbocycles. The lowest BCUT2D eigenvalue weighted by Gasteiger charge is -2.35. The number of aliphatic carboxylic acids is 1. The van der Waals surface area contributed by atoms with Crippen molar-refractivity contribution in [2.24, 2.45) is 0 Å². The molecule has 5 heteroatoms. The van der Waals surface area contributed by atoms with Gasteiger partial charge in [-0.2, -0.15) is 0 Å². The van der Waals surface area contributed by atoms with Crippen LogP contribution in [0.25, 0.3) is 6.08 Å². The molecule has 1 heterocycles. The SMILES string of the molecule is CCOC1CCCN(c2cccc(Cl)c2C=CC(=O)O)C1. The molecular weight excluding hydrogens is 290 g/mol. The molecule has 0 radical (unpaired) electrons. The average Bonchev–Trinajstić information content (AvgIpc) is 2.46. The molecule has 0 aromatic heterocycles. The van der Waals surface area contributed by atoms with E-state index in [1.165, 1.54) is 0 Å². The molecule has 1 atom stereocenters. The Hall–Kier alpha value is -1.52. The van der Waals surface area contributed by atoms with Gasteiger partial charge in [0.2, 0.25) is 0 Å². The monoisotopic (exact) mass is 309 g/mol. The number of halogens is 1. The van der Waals surface area contributed by atoms with Crippen molar-refractivity contribution in [1.29, 1.82) is 0 Å².